The number of ketones is 1. The fourth-order valence-corrected chi connectivity index (χ4v) is 3.24. The van der Waals surface area contributed by atoms with Crippen molar-refractivity contribution >= 4 is 22.8 Å². The molecular weight excluding hydrogens is 334 g/mol. The Bertz CT molecular complexity index is 1140. The van der Waals surface area contributed by atoms with Gasteiger partial charge in [0.1, 0.15) is 5.75 Å². The quantitative estimate of drug-likeness (QED) is 0.349. The second kappa shape index (κ2) is 7.34. The van der Waals surface area contributed by atoms with E-state index in [1.807, 2.05) is 48.5 Å². The third-order valence-corrected chi connectivity index (χ3v) is 4.58. The fourth-order valence-electron chi connectivity index (χ4n) is 3.24. The third kappa shape index (κ3) is 3.27. The Hall–Kier alpha value is -3.59. The highest BCUT2D eigenvalue weighted by molar-refractivity contribution is 6.08. The Labute approximate surface area is 158 Å². The third-order valence-electron chi connectivity index (χ3n) is 4.58. The van der Waals surface area contributed by atoms with E-state index in [-0.39, 0.29) is 5.78 Å². The minimum absolute atomic E-state index is 0.0837. The molecule has 0 spiro atoms. The summed E-state index contributed by atoms with van der Waals surface area (Å²) in [6, 6.07) is 25.6. The normalized spacial score (nSPS) is 11.1. The fraction of sp³-hybridized carbons (Fsp3) is 0.0417. The Morgan fingerprint density at radius 1 is 0.889 bits per heavy atom. The zero-order valence-corrected chi connectivity index (χ0v) is 15.0. The molecule has 132 valence electrons. The lowest BCUT2D eigenvalue weighted by atomic mass is 10.1. The summed E-state index contributed by atoms with van der Waals surface area (Å²) in [5.74, 6) is 0.497. The van der Waals surface area contributed by atoms with Crippen LogP contribution in [0, 0.1) is 0 Å². The zero-order valence-electron chi connectivity index (χ0n) is 15.0. The van der Waals surface area contributed by atoms with Crippen molar-refractivity contribution in [2.24, 2.45) is 0 Å². The first-order valence-corrected chi connectivity index (χ1v) is 8.79. The highest BCUT2D eigenvalue weighted by atomic mass is 16.5. The standard InChI is InChI=1S/C24H19NO2/c1-27-24-13-7-4-10-20(24)23(26)15-14-18-8-2-5-11-21(18)25-17-16-19-9-3-6-12-22(19)25/h2-17H,1H3/b15-14+. The van der Waals surface area contributed by atoms with E-state index < -0.39 is 0 Å². The molecule has 3 heteroatoms. The second-order valence-electron chi connectivity index (χ2n) is 6.20. The van der Waals surface area contributed by atoms with Gasteiger partial charge in [-0.15, -0.1) is 0 Å². The molecule has 0 unspecified atom stereocenters. The Kier molecular flexibility index (Phi) is 4.58. The van der Waals surface area contributed by atoms with E-state index in [1.165, 1.54) is 5.39 Å². The van der Waals surface area contributed by atoms with Crippen LogP contribution in [0.15, 0.2) is 91.1 Å². The van der Waals surface area contributed by atoms with E-state index in [9.17, 15) is 4.79 Å². The van der Waals surface area contributed by atoms with Crippen molar-refractivity contribution in [2.45, 2.75) is 0 Å². The Morgan fingerprint density at radius 2 is 1.63 bits per heavy atom. The second-order valence-corrected chi connectivity index (χ2v) is 6.20. The van der Waals surface area contributed by atoms with Gasteiger partial charge in [-0.1, -0.05) is 48.5 Å². The molecule has 0 amide bonds. The van der Waals surface area contributed by atoms with Crippen LogP contribution in [0.2, 0.25) is 0 Å². The van der Waals surface area contributed by atoms with Gasteiger partial charge in [-0.2, -0.15) is 0 Å². The molecule has 0 aliphatic carbocycles. The number of hydrogen-bond donors (Lipinski definition) is 0. The minimum Gasteiger partial charge on any atom is -0.496 e. The minimum atomic E-state index is -0.0837. The molecule has 0 saturated heterocycles. The van der Waals surface area contributed by atoms with Crippen molar-refractivity contribution in [1.29, 1.82) is 0 Å². The maximum atomic E-state index is 12.6. The number of ether oxygens (including phenoxy) is 1. The van der Waals surface area contributed by atoms with Crippen molar-refractivity contribution in [3.05, 3.63) is 102 Å². The molecule has 0 N–H and O–H groups in total. The van der Waals surface area contributed by atoms with Gasteiger partial charge in [0, 0.05) is 6.20 Å². The summed E-state index contributed by atoms with van der Waals surface area (Å²) in [4.78, 5) is 12.6. The number of rotatable bonds is 5. The molecule has 1 heterocycles. The van der Waals surface area contributed by atoms with Crippen LogP contribution < -0.4 is 4.74 Å². The van der Waals surface area contributed by atoms with Crippen LogP contribution in [0.4, 0.5) is 0 Å². The summed E-state index contributed by atoms with van der Waals surface area (Å²) in [7, 11) is 1.57. The summed E-state index contributed by atoms with van der Waals surface area (Å²) >= 11 is 0. The average molecular weight is 353 g/mol. The van der Waals surface area contributed by atoms with E-state index in [0.29, 0.717) is 11.3 Å². The maximum absolute atomic E-state index is 12.6. The number of allylic oxidation sites excluding steroid dienone is 1. The van der Waals surface area contributed by atoms with Gasteiger partial charge < -0.3 is 9.30 Å². The topological polar surface area (TPSA) is 31.2 Å². The van der Waals surface area contributed by atoms with Crippen LogP contribution >= 0.6 is 0 Å². The lowest BCUT2D eigenvalue weighted by Crippen LogP contribution is -1.99. The van der Waals surface area contributed by atoms with Crippen LogP contribution in [-0.2, 0) is 0 Å². The molecule has 1 aromatic heterocycles. The predicted octanol–water partition coefficient (Wildman–Crippen LogP) is 5.54. The first-order chi connectivity index (χ1) is 13.3. The van der Waals surface area contributed by atoms with Crippen molar-refractivity contribution in [3.63, 3.8) is 0 Å². The Morgan fingerprint density at radius 3 is 2.52 bits per heavy atom. The van der Waals surface area contributed by atoms with Gasteiger partial charge in [0.2, 0.25) is 0 Å². The van der Waals surface area contributed by atoms with Gasteiger partial charge >= 0.3 is 0 Å². The first-order valence-electron chi connectivity index (χ1n) is 8.79. The van der Waals surface area contributed by atoms with Crippen molar-refractivity contribution in [1.82, 2.24) is 4.57 Å². The molecule has 3 nitrogen and oxygen atoms in total. The molecule has 0 radical (unpaired) electrons. The zero-order chi connectivity index (χ0) is 18.6. The molecule has 4 aromatic rings. The summed E-state index contributed by atoms with van der Waals surface area (Å²) in [5, 5.41) is 1.18. The highest BCUT2D eigenvalue weighted by Crippen LogP contribution is 2.24. The average Bonchev–Trinajstić information content (AvgIpc) is 3.16. The van der Waals surface area contributed by atoms with E-state index in [1.54, 1.807) is 25.3 Å². The van der Waals surface area contributed by atoms with Crippen LogP contribution in [0.25, 0.3) is 22.7 Å². The number of fused-ring (bicyclic) bond motifs is 1. The monoisotopic (exact) mass is 353 g/mol. The summed E-state index contributed by atoms with van der Waals surface area (Å²) in [6.45, 7) is 0. The van der Waals surface area contributed by atoms with Gasteiger partial charge in [0.05, 0.1) is 23.9 Å². The molecule has 0 saturated carbocycles. The molecule has 0 aliphatic heterocycles. The van der Waals surface area contributed by atoms with Gasteiger partial charge in [-0.25, -0.2) is 0 Å². The number of methoxy groups -OCH3 is 1. The summed E-state index contributed by atoms with van der Waals surface area (Å²) in [6.07, 6.45) is 5.51. The number of carbonyl (C=O) groups excluding carboxylic acids is 1. The van der Waals surface area contributed by atoms with Gasteiger partial charge in [0.25, 0.3) is 0 Å². The number of para-hydroxylation sites is 3. The van der Waals surface area contributed by atoms with E-state index >= 15 is 0 Å². The molecular formula is C24H19NO2. The lowest BCUT2D eigenvalue weighted by Gasteiger charge is -2.09. The maximum Gasteiger partial charge on any atom is 0.189 e. The lowest BCUT2D eigenvalue weighted by molar-refractivity contribution is 0.104. The smallest absolute Gasteiger partial charge is 0.189 e. The van der Waals surface area contributed by atoms with E-state index in [4.69, 9.17) is 4.74 Å². The summed E-state index contributed by atoms with van der Waals surface area (Å²) < 4.78 is 7.43. The van der Waals surface area contributed by atoms with Crippen molar-refractivity contribution < 1.29 is 9.53 Å². The van der Waals surface area contributed by atoms with E-state index in [2.05, 4.69) is 35.0 Å². The van der Waals surface area contributed by atoms with Crippen molar-refractivity contribution in [3.8, 4) is 11.4 Å². The van der Waals surface area contributed by atoms with Gasteiger partial charge in [-0.05, 0) is 53.4 Å². The summed E-state index contributed by atoms with van der Waals surface area (Å²) in [5.41, 5.74) is 3.69. The first kappa shape index (κ1) is 16.9. The highest BCUT2D eigenvalue weighted by Gasteiger charge is 2.09. The van der Waals surface area contributed by atoms with Crippen LogP contribution in [-0.4, -0.2) is 17.5 Å². The van der Waals surface area contributed by atoms with Crippen LogP contribution in [0.5, 0.6) is 5.75 Å². The number of benzene rings is 3. The largest absolute Gasteiger partial charge is 0.496 e. The Balaban J connectivity index is 1.72. The molecule has 0 bridgehead atoms. The molecule has 27 heavy (non-hydrogen) atoms. The number of aromatic nitrogens is 1. The molecule has 0 fully saturated rings. The number of hydrogen-bond acceptors (Lipinski definition) is 2. The predicted molar refractivity (Wildman–Crippen MR) is 110 cm³/mol. The molecule has 0 atom stereocenters. The molecule has 0 aliphatic rings. The van der Waals surface area contributed by atoms with E-state index in [0.717, 1.165) is 16.8 Å². The molecule has 3 aromatic carbocycles. The van der Waals surface area contributed by atoms with Crippen LogP contribution in [0.3, 0.4) is 0 Å². The van der Waals surface area contributed by atoms with Gasteiger partial charge in [0.15, 0.2) is 5.78 Å². The van der Waals surface area contributed by atoms with Gasteiger partial charge in [-0.3, -0.25) is 4.79 Å². The number of carbonyl (C=O) groups is 1. The SMILES string of the molecule is COc1ccccc1C(=O)/C=C/c1ccccc1-n1ccc2ccccc21. The number of nitrogens with zero attached hydrogens (tertiary/aromatic N) is 1. The molecule has 4 rings (SSSR count). The van der Waals surface area contributed by atoms with Crippen LogP contribution in [0.1, 0.15) is 15.9 Å². The van der Waals surface area contributed by atoms with Crippen molar-refractivity contribution in [2.75, 3.05) is 7.11 Å².